The van der Waals surface area contributed by atoms with Crippen LogP contribution in [-0.4, -0.2) is 16.1 Å². The lowest BCUT2D eigenvalue weighted by Gasteiger charge is -2.11. The Morgan fingerprint density at radius 2 is 2.25 bits per heavy atom. The fourth-order valence-electron chi connectivity index (χ4n) is 1.18. The van der Waals surface area contributed by atoms with Crippen molar-refractivity contribution in [1.29, 1.82) is 0 Å². The number of aliphatic carboxylic acids is 1. The summed E-state index contributed by atoms with van der Waals surface area (Å²) in [6, 6.07) is 0. The third-order valence-electron chi connectivity index (χ3n) is 1.92. The second kappa shape index (κ2) is 5.85. The predicted octanol–water partition coefficient (Wildman–Crippen LogP) is 3.15. The van der Waals surface area contributed by atoms with Gasteiger partial charge < -0.3 is 5.11 Å². The smallest absolute Gasteiger partial charge is 0.307 e. The largest absolute Gasteiger partial charge is 0.481 e. The molecule has 0 amide bonds. The Balaban J connectivity index is 3.28. The van der Waals surface area contributed by atoms with Gasteiger partial charge in [0.2, 0.25) is 0 Å². The number of carboxylic acids is 1. The van der Waals surface area contributed by atoms with Gasteiger partial charge in [0.25, 0.3) is 6.43 Å². The van der Waals surface area contributed by atoms with Crippen LogP contribution in [0.3, 0.4) is 0 Å². The quantitative estimate of drug-likeness (QED) is 0.618. The Labute approximate surface area is 113 Å². The van der Waals surface area contributed by atoms with Crippen molar-refractivity contribution in [3.63, 3.8) is 0 Å². The minimum atomic E-state index is -2.64. The summed E-state index contributed by atoms with van der Waals surface area (Å²) in [5.41, 5.74) is 0.612. The molecule has 1 rings (SSSR count). The molecular formula is C9H7BrF2INO2. The van der Waals surface area contributed by atoms with Crippen LogP contribution in [0.5, 0.6) is 0 Å². The fraction of sp³-hybridized carbons (Fsp3) is 0.333. The molecule has 0 bridgehead atoms. The highest BCUT2D eigenvalue weighted by atomic mass is 127. The van der Waals surface area contributed by atoms with E-state index < -0.39 is 12.4 Å². The third kappa shape index (κ3) is 3.09. The summed E-state index contributed by atoms with van der Waals surface area (Å²) in [5, 5.41) is 9.05. The molecule has 1 N–H and O–H groups in total. The Hall–Kier alpha value is -0.310. The van der Waals surface area contributed by atoms with E-state index in [0.717, 1.165) is 6.20 Å². The van der Waals surface area contributed by atoms with Gasteiger partial charge >= 0.3 is 5.97 Å². The van der Waals surface area contributed by atoms with Crippen LogP contribution in [-0.2, 0) is 16.5 Å². The zero-order chi connectivity index (χ0) is 12.3. The summed E-state index contributed by atoms with van der Waals surface area (Å²) < 4.78 is 25.4. The van der Waals surface area contributed by atoms with Crippen LogP contribution in [0.4, 0.5) is 8.78 Å². The molecule has 0 spiro atoms. The number of nitrogens with zero attached hydrogens (tertiary/aromatic N) is 1. The van der Waals surface area contributed by atoms with E-state index in [1.165, 1.54) is 0 Å². The first-order valence-corrected chi connectivity index (χ1v) is 6.39. The van der Waals surface area contributed by atoms with Crippen molar-refractivity contribution in [3.05, 3.63) is 26.6 Å². The lowest BCUT2D eigenvalue weighted by molar-refractivity contribution is -0.136. The molecule has 16 heavy (non-hydrogen) atoms. The van der Waals surface area contributed by atoms with Gasteiger partial charge in [-0.2, -0.15) is 0 Å². The van der Waals surface area contributed by atoms with Crippen molar-refractivity contribution in [2.24, 2.45) is 0 Å². The van der Waals surface area contributed by atoms with E-state index in [9.17, 15) is 13.6 Å². The van der Waals surface area contributed by atoms with Gasteiger partial charge in [-0.1, -0.05) is 15.9 Å². The van der Waals surface area contributed by atoms with Gasteiger partial charge in [0, 0.05) is 20.7 Å². The van der Waals surface area contributed by atoms with E-state index in [1.807, 2.05) is 0 Å². The summed E-state index contributed by atoms with van der Waals surface area (Å²) >= 11 is 4.88. The molecule has 0 aliphatic carbocycles. The highest BCUT2D eigenvalue weighted by molar-refractivity contribution is 14.1. The second-order valence-electron chi connectivity index (χ2n) is 2.96. The number of halogens is 4. The van der Waals surface area contributed by atoms with E-state index in [2.05, 4.69) is 20.9 Å². The van der Waals surface area contributed by atoms with Gasteiger partial charge in [-0.3, -0.25) is 9.78 Å². The maximum Gasteiger partial charge on any atom is 0.307 e. The molecule has 0 fully saturated rings. The van der Waals surface area contributed by atoms with Gasteiger partial charge in [-0.15, -0.1) is 0 Å². The molecule has 3 nitrogen and oxygen atoms in total. The Bertz CT molecular complexity index is 415. The first kappa shape index (κ1) is 13.8. The number of carbonyl (C=O) groups is 1. The second-order valence-corrected chi connectivity index (χ2v) is 4.60. The molecule has 0 aromatic carbocycles. The van der Waals surface area contributed by atoms with Crippen LogP contribution in [0.1, 0.15) is 23.2 Å². The molecule has 0 aliphatic heterocycles. The average molecular weight is 406 g/mol. The highest BCUT2D eigenvalue weighted by Gasteiger charge is 2.19. The van der Waals surface area contributed by atoms with Crippen molar-refractivity contribution in [1.82, 2.24) is 4.98 Å². The van der Waals surface area contributed by atoms with Crippen LogP contribution in [0.2, 0.25) is 0 Å². The number of rotatable bonds is 4. The highest BCUT2D eigenvalue weighted by Crippen LogP contribution is 2.28. The standard InChI is InChI=1S/C9H7BrF2INO2/c10-2-6-4(1-7(15)16)8(13)5(3-14-6)9(11)12/h3,9H,1-2H2,(H,15,16). The molecule has 0 aliphatic rings. The third-order valence-corrected chi connectivity index (χ3v) is 3.72. The maximum atomic E-state index is 12.6. The fourth-order valence-corrected chi connectivity index (χ4v) is 2.54. The van der Waals surface area contributed by atoms with E-state index >= 15 is 0 Å². The molecule has 0 unspecified atom stereocenters. The number of hydrogen-bond donors (Lipinski definition) is 1. The molecule has 7 heteroatoms. The zero-order valence-corrected chi connectivity index (χ0v) is 11.6. The van der Waals surface area contributed by atoms with E-state index in [0.29, 0.717) is 16.6 Å². The first-order valence-electron chi connectivity index (χ1n) is 4.19. The predicted molar refractivity (Wildman–Crippen MR) is 65.9 cm³/mol. The molecule has 0 saturated heterocycles. The molecule has 0 saturated carbocycles. The summed E-state index contributed by atoms with van der Waals surface area (Å²) in [6.07, 6.45) is -1.85. The molecule has 1 aromatic heterocycles. The minimum absolute atomic E-state index is 0.221. The van der Waals surface area contributed by atoms with Gasteiger partial charge in [-0.25, -0.2) is 8.78 Å². The van der Waals surface area contributed by atoms with E-state index in [4.69, 9.17) is 5.11 Å². The lowest BCUT2D eigenvalue weighted by atomic mass is 10.1. The van der Waals surface area contributed by atoms with Crippen LogP contribution >= 0.6 is 38.5 Å². The van der Waals surface area contributed by atoms with Crippen LogP contribution < -0.4 is 0 Å². The topological polar surface area (TPSA) is 50.2 Å². The number of pyridine rings is 1. The summed E-state index contributed by atoms with van der Waals surface area (Å²) in [5.74, 6) is -1.06. The molecule has 0 radical (unpaired) electrons. The van der Waals surface area contributed by atoms with Crippen molar-refractivity contribution in [2.45, 2.75) is 18.2 Å². The first-order chi connectivity index (χ1) is 7.47. The molecule has 88 valence electrons. The Morgan fingerprint density at radius 3 is 2.69 bits per heavy atom. The van der Waals surface area contributed by atoms with E-state index in [-0.39, 0.29) is 15.6 Å². The normalized spacial score (nSPS) is 10.8. The van der Waals surface area contributed by atoms with Crippen molar-refractivity contribution in [2.75, 3.05) is 0 Å². The van der Waals surface area contributed by atoms with Gasteiger partial charge in [0.05, 0.1) is 12.1 Å². The van der Waals surface area contributed by atoms with Crippen molar-refractivity contribution < 1.29 is 18.7 Å². The van der Waals surface area contributed by atoms with E-state index in [1.54, 1.807) is 22.6 Å². The van der Waals surface area contributed by atoms with Crippen molar-refractivity contribution in [3.8, 4) is 0 Å². The minimum Gasteiger partial charge on any atom is -0.481 e. The number of carboxylic acid groups (broad SMARTS) is 1. The zero-order valence-electron chi connectivity index (χ0n) is 7.88. The summed E-state index contributed by atoms with van der Waals surface area (Å²) in [6.45, 7) is 0. The molecule has 1 aromatic rings. The molecular weight excluding hydrogens is 399 g/mol. The average Bonchev–Trinajstić information content (AvgIpc) is 2.19. The van der Waals surface area contributed by atoms with Gasteiger partial charge in [-0.05, 0) is 28.2 Å². The van der Waals surface area contributed by atoms with Crippen LogP contribution in [0.25, 0.3) is 0 Å². The number of hydrogen-bond acceptors (Lipinski definition) is 2. The Morgan fingerprint density at radius 1 is 1.62 bits per heavy atom. The summed E-state index contributed by atoms with van der Waals surface area (Å²) in [4.78, 5) is 14.5. The van der Waals surface area contributed by atoms with Crippen molar-refractivity contribution >= 4 is 44.5 Å². The summed E-state index contributed by atoms with van der Waals surface area (Å²) in [7, 11) is 0. The number of aromatic nitrogens is 1. The van der Waals surface area contributed by atoms with Gasteiger partial charge in [0.15, 0.2) is 0 Å². The lowest BCUT2D eigenvalue weighted by Crippen LogP contribution is -2.09. The number of alkyl halides is 3. The van der Waals surface area contributed by atoms with Crippen LogP contribution in [0.15, 0.2) is 6.20 Å². The SMILES string of the molecule is O=C(O)Cc1c(CBr)ncc(C(F)F)c1I. The molecule has 1 heterocycles. The Kier molecular flexibility index (Phi) is 5.03. The monoisotopic (exact) mass is 405 g/mol. The van der Waals surface area contributed by atoms with Crippen LogP contribution in [0, 0.1) is 3.57 Å². The van der Waals surface area contributed by atoms with Gasteiger partial charge in [0.1, 0.15) is 0 Å². The molecule has 0 atom stereocenters. The maximum absolute atomic E-state index is 12.6.